The number of nitrogens with one attached hydrogen (secondary N) is 2. The van der Waals surface area contributed by atoms with Crippen LogP contribution in [0.1, 0.15) is 37.0 Å². The minimum Gasteiger partial charge on any atom is -0.358 e. The quantitative estimate of drug-likeness (QED) is 0.827. The largest absolute Gasteiger partial charge is 0.358 e. The molecule has 3 nitrogen and oxygen atoms in total. The molecule has 0 aliphatic heterocycles. The van der Waals surface area contributed by atoms with E-state index in [9.17, 15) is 4.79 Å². The van der Waals surface area contributed by atoms with Crippen LogP contribution in [-0.4, -0.2) is 19.0 Å². The number of benzene rings is 1. The summed E-state index contributed by atoms with van der Waals surface area (Å²) in [5, 5.41) is 6.11. The normalized spacial score (nSPS) is 12.5. The van der Waals surface area contributed by atoms with E-state index in [-0.39, 0.29) is 11.9 Å². The zero-order valence-corrected chi connectivity index (χ0v) is 12.7. The molecule has 0 fully saturated rings. The van der Waals surface area contributed by atoms with E-state index in [4.69, 9.17) is 0 Å². The van der Waals surface area contributed by atoms with Gasteiger partial charge in [-0.3, -0.25) is 4.79 Å². The fraction of sp³-hybridized carbons (Fsp3) is 0.562. The van der Waals surface area contributed by atoms with Crippen molar-refractivity contribution in [1.82, 2.24) is 10.6 Å². The molecule has 1 atom stereocenters. The lowest BCUT2D eigenvalue weighted by Gasteiger charge is -2.20. The first-order valence-electron chi connectivity index (χ1n) is 6.95. The average Bonchev–Trinajstić information content (AvgIpc) is 2.37. The van der Waals surface area contributed by atoms with Gasteiger partial charge in [0.15, 0.2) is 0 Å². The van der Waals surface area contributed by atoms with Crippen LogP contribution in [0.15, 0.2) is 18.2 Å². The van der Waals surface area contributed by atoms with Gasteiger partial charge in [-0.25, -0.2) is 0 Å². The van der Waals surface area contributed by atoms with E-state index >= 15 is 0 Å². The van der Waals surface area contributed by atoms with E-state index in [1.54, 1.807) is 7.05 Å². The molecule has 0 bridgehead atoms. The summed E-state index contributed by atoms with van der Waals surface area (Å²) in [6, 6.07) is 6.18. The molecule has 0 aliphatic rings. The van der Waals surface area contributed by atoms with Gasteiger partial charge in [0.2, 0.25) is 5.91 Å². The van der Waals surface area contributed by atoms with Crippen molar-refractivity contribution in [1.29, 1.82) is 0 Å². The van der Waals surface area contributed by atoms with Crippen molar-refractivity contribution < 1.29 is 4.79 Å². The molecule has 0 spiro atoms. The smallest absolute Gasteiger partial charge is 0.236 e. The van der Waals surface area contributed by atoms with Gasteiger partial charge >= 0.3 is 0 Å². The Bertz CT molecular complexity index is 427. The maximum atomic E-state index is 11.8. The molecule has 0 heterocycles. The van der Waals surface area contributed by atoms with Crippen LogP contribution in [-0.2, 0) is 11.3 Å². The van der Waals surface area contributed by atoms with Crippen LogP contribution in [0.3, 0.4) is 0 Å². The Balaban J connectivity index is 2.70. The fourth-order valence-corrected chi connectivity index (χ4v) is 2.17. The van der Waals surface area contributed by atoms with Gasteiger partial charge < -0.3 is 10.6 Å². The monoisotopic (exact) mass is 262 g/mol. The van der Waals surface area contributed by atoms with E-state index in [0.717, 1.165) is 13.0 Å². The lowest BCUT2D eigenvalue weighted by Crippen LogP contribution is -2.43. The summed E-state index contributed by atoms with van der Waals surface area (Å²) < 4.78 is 0. The summed E-state index contributed by atoms with van der Waals surface area (Å²) in [5.74, 6) is 0.562. The third kappa shape index (κ3) is 4.67. The molecule has 1 aromatic rings. The molecule has 106 valence electrons. The zero-order valence-electron chi connectivity index (χ0n) is 12.7. The second-order valence-electron chi connectivity index (χ2n) is 5.54. The average molecular weight is 262 g/mol. The number of hydrogen-bond donors (Lipinski definition) is 2. The number of amides is 1. The number of carbonyl (C=O) groups is 1. The SMILES string of the molecule is CNC(=O)C(CC(C)C)NCc1cccc(C)c1C. The molecule has 3 heteroatoms. The van der Waals surface area contributed by atoms with Crippen LogP contribution in [0.25, 0.3) is 0 Å². The number of likely N-dealkylation sites (N-methyl/N-ethyl adjacent to an activating group) is 1. The molecular formula is C16H26N2O. The summed E-state index contributed by atoms with van der Waals surface area (Å²) >= 11 is 0. The van der Waals surface area contributed by atoms with E-state index < -0.39 is 0 Å². The molecule has 0 aliphatic carbocycles. The van der Waals surface area contributed by atoms with Crippen LogP contribution in [0.4, 0.5) is 0 Å². The highest BCUT2D eigenvalue weighted by Gasteiger charge is 2.18. The van der Waals surface area contributed by atoms with Gasteiger partial charge in [-0.05, 0) is 42.9 Å². The van der Waals surface area contributed by atoms with Crippen LogP contribution < -0.4 is 10.6 Å². The van der Waals surface area contributed by atoms with Crippen molar-refractivity contribution >= 4 is 5.91 Å². The zero-order chi connectivity index (χ0) is 14.4. The standard InChI is InChI=1S/C16H26N2O/c1-11(2)9-15(16(19)17-5)18-10-14-8-6-7-12(3)13(14)4/h6-8,11,15,18H,9-10H2,1-5H3,(H,17,19). The van der Waals surface area contributed by atoms with Crippen LogP contribution in [0.2, 0.25) is 0 Å². The van der Waals surface area contributed by atoms with Crippen molar-refractivity contribution in [3.63, 3.8) is 0 Å². The molecule has 0 radical (unpaired) electrons. The second kappa shape index (κ2) is 7.29. The first kappa shape index (κ1) is 15.7. The van der Waals surface area contributed by atoms with Crippen molar-refractivity contribution in [3.8, 4) is 0 Å². The third-order valence-corrected chi connectivity index (χ3v) is 3.53. The number of rotatable bonds is 6. The van der Waals surface area contributed by atoms with E-state index in [0.29, 0.717) is 5.92 Å². The third-order valence-electron chi connectivity index (χ3n) is 3.53. The molecule has 1 rings (SSSR count). The van der Waals surface area contributed by atoms with Crippen molar-refractivity contribution in [3.05, 3.63) is 34.9 Å². The molecule has 19 heavy (non-hydrogen) atoms. The fourth-order valence-electron chi connectivity index (χ4n) is 2.17. The molecule has 2 N–H and O–H groups in total. The predicted octanol–water partition coefficient (Wildman–Crippen LogP) is 2.55. The van der Waals surface area contributed by atoms with Gasteiger partial charge in [0, 0.05) is 13.6 Å². The predicted molar refractivity (Wildman–Crippen MR) is 80.1 cm³/mol. The minimum atomic E-state index is -0.120. The summed E-state index contributed by atoms with van der Waals surface area (Å²) in [4.78, 5) is 11.8. The highest BCUT2D eigenvalue weighted by Crippen LogP contribution is 2.13. The van der Waals surface area contributed by atoms with Gasteiger partial charge in [-0.1, -0.05) is 32.0 Å². The Kier molecular flexibility index (Phi) is 6.03. The molecule has 1 aromatic carbocycles. The van der Waals surface area contributed by atoms with Crippen molar-refractivity contribution in [2.45, 2.75) is 46.7 Å². The molecular weight excluding hydrogens is 236 g/mol. The minimum absolute atomic E-state index is 0.0685. The van der Waals surface area contributed by atoms with Crippen molar-refractivity contribution in [2.24, 2.45) is 5.92 Å². The Morgan fingerprint density at radius 1 is 1.26 bits per heavy atom. The highest BCUT2D eigenvalue weighted by atomic mass is 16.2. The number of hydrogen-bond acceptors (Lipinski definition) is 2. The first-order chi connectivity index (χ1) is 8.95. The molecule has 0 saturated heterocycles. The summed E-state index contributed by atoms with van der Waals surface area (Å²) in [5.41, 5.74) is 3.85. The van der Waals surface area contributed by atoms with Crippen molar-refractivity contribution in [2.75, 3.05) is 7.05 Å². The maximum Gasteiger partial charge on any atom is 0.236 e. The Hall–Kier alpha value is -1.35. The lowest BCUT2D eigenvalue weighted by molar-refractivity contribution is -0.123. The Morgan fingerprint density at radius 2 is 1.95 bits per heavy atom. The van der Waals surface area contributed by atoms with Gasteiger partial charge in [0.25, 0.3) is 0 Å². The summed E-state index contributed by atoms with van der Waals surface area (Å²) in [6.07, 6.45) is 0.852. The number of carbonyl (C=O) groups excluding carboxylic acids is 1. The Morgan fingerprint density at radius 3 is 2.53 bits per heavy atom. The van der Waals surface area contributed by atoms with Gasteiger partial charge in [-0.15, -0.1) is 0 Å². The summed E-state index contributed by atoms with van der Waals surface area (Å²) in [7, 11) is 1.69. The van der Waals surface area contributed by atoms with E-state index in [2.05, 4.69) is 56.5 Å². The second-order valence-corrected chi connectivity index (χ2v) is 5.54. The molecule has 0 saturated carbocycles. The Labute approximate surface area is 116 Å². The highest BCUT2D eigenvalue weighted by molar-refractivity contribution is 5.81. The number of aryl methyl sites for hydroxylation is 1. The van der Waals surface area contributed by atoms with Crippen LogP contribution in [0, 0.1) is 19.8 Å². The molecule has 1 amide bonds. The van der Waals surface area contributed by atoms with E-state index in [1.807, 2.05) is 0 Å². The van der Waals surface area contributed by atoms with Crippen LogP contribution >= 0.6 is 0 Å². The first-order valence-corrected chi connectivity index (χ1v) is 6.95. The lowest BCUT2D eigenvalue weighted by atomic mass is 10.0. The van der Waals surface area contributed by atoms with Crippen LogP contribution in [0.5, 0.6) is 0 Å². The topological polar surface area (TPSA) is 41.1 Å². The maximum absolute atomic E-state index is 11.8. The van der Waals surface area contributed by atoms with Gasteiger partial charge in [-0.2, -0.15) is 0 Å². The molecule has 1 unspecified atom stereocenters. The van der Waals surface area contributed by atoms with Gasteiger partial charge in [0.05, 0.1) is 6.04 Å². The molecule has 0 aromatic heterocycles. The summed E-state index contributed by atoms with van der Waals surface area (Å²) in [6.45, 7) is 9.25. The van der Waals surface area contributed by atoms with E-state index in [1.165, 1.54) is 16.7 Å². The van der Waals surface area contributed by atoms with Gasteiger partial charge in [0.1, 0.15) is 0 Å².